The van der Waals surface area contributed by atoms with Gasteiger partial charge in [0, 0.05) is 13.2 Å². The van der Waals surface area contributed by atoms with Crippen molar-refractivity contribution in [1.82, 2.24) is 5.43 Å². The molecule has 2 rings (SSSR count). The monoisotopic (exact) mass is 286 g/mol. The van der Waals surface area contributed by atoms with Crippen molar-refractivity contribution in [3.05, 3.63) is 48.0 Å². The van der Waals surface area contributed by atoms with E-state index in [1.807, 2.05) is 0 Å². The number of methoxy groups -OCH3 is 1. The lowest BCUT2D eigenvalue weighted by Crippen LogP contribution is -2.38. The highest BCUT2D eigenvalue weighted by Gasteiger charge is 2.19. The molecule has 0 saturated heterocycles. The molecule has 0 heterocycles. The van der Waals surface area contributed by atoms with Crippen molar-refractivity contribution in [3.8, 4) is 0 Å². The van der Waals surface area contributed by atoms with Crippen LogP contribution in [0.2, 0.25) is 0 Å². The van der Waals surface area contributed by atoms with Crippen LogP contribution in [-0.2, 0) is 11.2 Å². The third-order valence-corrected chi connectivity index (χ3v) is 4.23. The molecular formula is C18H26N2O. The molecule has 0 aliphatic heterocycles. The molecule has 2 aromatic rings. The van der Waals surface area contributed by atoms with Gasteiger partial charge in [0.05, 0.1) is 5.60 Å². The second kappa shape index (κ2) is 7.03. The van der Waals surface area contributed by atoms with Crippen LogP contribution in [0.4, 0.5) is 0 Å². The molecule has 0 bridgehead atoms. The van der Waals surface area contributed by atoms with Gasteiger partial charge in [0.1, 0.15) is 0 Å². The lowest BCUT2D eigenvalue weighted by atomic mass is 9.93. The maximum absolute atomic E-state index is 5.74. The normalized spacial score (nSPS) is 13.5. The van der Waals surface area contributed by atoms with Gasteiger partial charge in [-0.3, -0.25) is 11.3 Å². The molecule has 0 saturated carbocycles. The Labute approximate surface area is 127 Å². The molecule has 3 N–H and O–H groups in total. The van der Waals surface area contributed by atoms with Crippen LogP contribution in [-0.4, -0.2) is 18.8 Å². The maximum atomic E-state index is 5.74. The molecular weight excluding hydrogens is 260 g/mol. The number of hydrazine groups is 1. The van der Waals surface area contributed by atoms with Crippen LogP contribution in [0.3, 0.4) is 0 Å². The summed E-state index contributed by atoms with van der Waals surface area (Å²) >= 11 is 0. The van der Waals surface area contributed by atoms with Gasteiger partial charge in [-0.15, -0.1) is 0 Å². The molecule has 0 aromatic heterocycles. The van der Waals surface area contributed by atoms with Gasteiger partial charge in [-0.25, -0.2) is 0 Å². The zero-order chi connectivity index (χ0) is 15.3. The second-order valence-electron chi connectivity index (χ2n) is 6.21. The molecule has 1 atom stereocenters. The number of benzene rings is 2. The zero-order valence-corrected chi connectivity index (χ0v) is 13.2. The van der Waals surface area contributed by atoms with Gasteiger partial charge in [0.2, 0.25) is 0 Å². The molecule has 0 aliphatic carbocycles. The Balaban J connectivity index is 2.10. The Morgan fingerprint density at radius 1 is 1.14 bits per heavy atom. The first-order valence-electron chi connectivity index (χ1n) is 7.53. The zero-order valence-electron chi connectivity index (χ0n) is 13.2. The Bertz CT molecular complexity index is 575. The summed E-state index contributed by atoms with van der Waals surface area (Å²) in [4.78, 5) is 0. The lowest BCUT2D eigenvalue weighted by Gasteiger charge is -2.26. The van der Waals surface area contributed by atoms with Crippen molar-refractivity contribution in [3.63, 3.8) is 0 Å². The predicted molar refractivity (Wildman–Crippen MR) is 89.1 cm³/mol. The molecule has 0 amide bonds. The second-order valence-corrected chi connectivity index (χ2v) is 6.21. The minimum absolute atomic E-state index is 0.103. The van der Waals surface area contributed by atoms with Gasteiger partial charge < -0.3 is 4.74 Å². The summed E-state index contributed by atoms with van der Waals surface area (Å²) in [6.45, 7) is 4.22. The molecule has 114 valence electrons. The summed E-state index contributed by atoms with van der Waals surface area (Å²) in [5.74, 6) is 5.74. The third kappa shape index (κ3) is 4.27. The van der Waals surface area contributed by atoms with Crippen molar-refractivity contribution in [2.45, 2.75) is 44.8 Å². The summed E-state index contributed by atoms with van der Waals surface area (Å²) in [6.07, 6.45) is 2.89. The Morgan fingerprint density at radius 2 is 1.86 bits per heavy atom. The topological polar surface area (TPSA) is 47.3 Å². The number of ether oxygens (including phenoxy) is 1. The van der Waals surface area contributed by atoms with Gasteiger partial charge >= 0.3 is 0 Å². The van der Waals surface area contributed by atoms with Crippen LogP contribution < -0.4 is 11.3 Å². The first-order chi connectivity index (χ1) is 10.1. The quantitative estimate of drug-likeness (QED) is 0.605. The van der Waals surface area contributed by atoms with Crippen molar-refractivity contribution < 1.29 is 4.74 Å². The number of hydrogen-bond donors (Lipinski definition) is 2. The Hall–Kier alpha value is -1.42. The van der Waals surface area contributed by atoms with Crippen molar-refractivity contribution in [2.24, 2.45) is 5.84 Å². The number of nitrogens with two attached hydrogens (primary N) is 1. The molecule has 0 radical (unpaired) electrons. The highest BCUT2D eigenvalue weighted by Crippen LogP contribution is 2.22. The van der Waals surface area contributed by atoms with Crippen LogP contribution in [0.15, 0.2) is 42.5 Å². The molecule has 0 fully saturated rings. The summed E-state index contributed by atoms with van der Waals surface area (Å²) in [6, 6.07) is 15.2. The van der Waals surface area contributed by atoms with E-state index in [9.17, 15) is 0 Å². The minimum Gasteiger partial charge on any atom is -0.379 e. The molecule has 1 unspecified atom stereocenters. The molecule has 0 spiro atoms. The van der Waals surface area contributed by atoms with Crippen molar-refractivity contribution >= 4 is 10.8 Å². The lowest BCUT2D eigenvalue weighted by molar-refractivity contribution is 0.0117. The van der Waals surface area contributed by atoms with Crippen LogP contribution in [0.5, 0.6) is 0 Å². The van der Waals surface area contributed by atoms with E-state index in [1.54, 1.807) is 7.11 Å². The number of rotatable bonds is 7. The van der Waals surface area contributed by atoms with E-state index >= 15 is 0 Å². The van der Waals surface area contributed by atoms with E-state index in [0.717, 1.165) is 19.3 Å². The van der Waals surface area contributed by atoms with Crippen molar-refractivity contribution in [2.75, 3.05) is 7.11 Å². The number of fused-ring (bicyclic) bond motifs is 1. The van der Waals surface area contributed by atoms with E-state index in [1.165, 1.54) is 16.3 Å². The van der Waals surface area contributed by atoms with E-state index in [-0.39, 0.29) is 11.6 Å². The first-order valence-corrected chi connectivity index (χ1v) is 7.53. The highest BCUT2D eigenvalue weighted by atomic mass is 16.5. The molecule has 2 aromatic carbocycles. The fourth-order valence-electron chi connectivity index (χ4n) is 2.60. The van der Waals surface area contributed by atoms with Gasteiger partial charge in [0.25, 0.3) is 0 Å². The molecule has 21 heavy (non-hydrogen) atoms. The average molecular weight is 286 g/mol. The van der Waals surface area contributed by atoms with E-state index in [2.05, 4.69) is 61.7 Å². The summed E-state index contributed by atoms with van der Waals surface area (Å²) < 4.78 is 5.48. The van der Waals surface area contributed by atoms with Crippen molar-refractivity contribution in [1.29, 1.82) is 0 Å². The third-order valence-electron chi connectivity index (χ3n) is 4.23. The van der Waals surface area contributed by atoms with E-state index in [4.69, 9.17) is 10.6 Å². The number of hydrogen-bond acceptors (Lipinski definition) is 3. The average Bonchev–Trinajstić information content (AvgIpc) is 2.51. The summed E-state index contributed by atoms with van der Waals surface area (Å²) in [7, 11) is 1.76. The predicted octanol–water partition coefficient (Wildman–Crippen LogP) is 3.42. The van der Waals surface area contributed by atoms with Gasteiger partial charge in [0.15, 0.2) is 0 Å². The van der Waals surface area contributed by atoms with Gasteiger partial charge in [-0.05, 0) is 49.4 Å². The van der Waals surface area contributed by atoms with Gasteiger partial charge in [-0.1, -0.05) is 42.5 Å². The van der Waals surface area contributed by atoms with Crippen LogP contribution in [0.1, 0.15) is 32.3 Å². The molecule has 3 heteroatoms. The smallest absolute Gasteiger partial charge is 0.0623 e. The van der Waals surface area contributed by atoms with E-state index in [0.29, 0.717) is 0 Å². The Kier molecular flexibility index (Phi) is 5.34. The standard InChI is InChI=1S/C18H26N2O/c1-18(2,21-3)12-11-16(20-19)13-15-9-6-8-14-7-4-5-10-17(14)15/h4-10,16,20H,11-13,19H2,1-3H3. The van der Waals surface area contributed by atoms with Crippen LogP contribution >= 0.6 is 0 Å². The Morgan fingerprint density at radius 3 is 2.57 bits per heavy atom. The largest absolute Gasteiger partial charge is 0.379 e. The summed E-state index contributed by atoms with van der Waals surface area (Å²) in [5, 5.41) is 2.59. The van der Waals surface area contributed by atoms with Gasteiger partial charge in [-0.2, -0.15) is 0 Å². The van der Waals surface area contributed by atoms with Crippen LogP contribution in [0.25, 0.3) is 10.8 Å². The number of nitrogens with one attached hydrogen (secondary N) is 1. The first kappa shape index (κ1) is 16.0. The minimum atomic E-state index is -0.103. The molecule has 3 nitrogen and oxygen atoms in total. The fourth-order valence-corrected chi connectivity index (χ4v) is 2.60. The SMILES string of the molecule is COC(C)(C)CCC(Cc1cccc2ccccc12)NN. The molecule has 0 aliphatic rings. The van der Waals surface area contributed by atoms with E-state index < -0.39 is 0 Å². The van der Waals surface area contributed by atoms with Crippen LogP contribution in [0, 0.1) is 0 Å². The maximum Gasteiger partial charge on any atom is 0.0623 e. The highest BCUT2D eigenvalue weighted by molar-refractivity contribution is 5.85. The summed E-state index contributed by atoms with van der Waals surface area (Å²) in [5.41, 5.74) is 4.19. The fraction of sp³-hybridized carbons (Fsp3) is 0.444.